The van der Waals surface area contributed by atoms with E-state index < -0.39 is 66.1 Å². The number of hydrogen-bond acceptors (Lipinski definition) is 8. The zero-order chi connectivity index (χ0) is 31.1. The quantitative estimate of drug-likeness (QED) is 0.114. The molecule has 234 valence electrons. The first-order valence-corrected chi connectivity index (χ1v) is 14.3. The monoisotopic (exact) mass is 586 g/mol. The van der Waals surface area contributed by atoms with Gasteiger partial charge in [0.15, 0.2) is 6.04 Å². The fraction of sp³-hybridized carbons (Fsp3) is 0.778. The third-order valence-corrected chi connectivity index (χ3v) is 7.42. The van der Waals surface area contributed by atoms with E-state index in [1.165, 1.54) is 20.3 Å². The smallest absolute Gasteiger partial charge is 0.408 e. The molecule has 0 aromatic carbocycles. The van der Waals surface area contributed by atoms with E-state index in [4.69, 9.17) is 20.7 Å². The fourth-order valence-electron chi connectivity index (χ4n) is 4.77. The molecular weight excluding hydrogens is 540 g/mol. The van der Waals surface area contributed by atoms with Gasteiger partial charge in [-0.2, -0.15) is 0 Å². The lowest BCUT2D eigenvalue weighted by atomic mass is 9.79. The van der Waals surface area contributed by atoms with Gasteiger partial charge in [0.1, 0.15) is 24.2 Å². The highest BCUT2D eigenvalue weighted by Gasteiger charge is 2.34. The molecule has 0 aromatic heterocycles. The summed E-state index contributed by atoms with van der Waals surface area (Å²) in [5.41, 5.74) is 5.47. The minimum atomic E-state index is -1.54. The van der Waals surface area contributed by atoms with Crippen LogP contribution in [0.1, 0.15) is 91.4 Å². The van der Waals surface area contributed by atoms with Crippen molar-refractivity contribution < 1.29 is 48.8 Å². The van der Waals surface area contributed by atoms with E-state index in [9.17, 15) is 33.9 Å². The average Bonchev–Trinajstić information content (AvgIpc) is 2.90. The van der Waals surface area contributed by atoms with E-state index in [1.54, 1.807) is 0 Å². The molecule has 0 aromatic rings. The van der Waals surface area contributed by atoms with Crippen LogP contribution in [0.4, 0.5) is 4.79 Å². The summed E-state index contributed by atoms with van der Waals surface area (Å²) in [5.74, 6) is -5.01. The lowest BCUT2D eigenvalue weighted by molar-refractivity contribution is -0.145. The van der Waals surface area contributed by atoms with Crippen molar-refractivity contribution in [3.8, 4) is 0 Å². The summed E-state index contributed by atoms with van der Waals surface area (Å²) in [5, 5.41) is 34.6. The number of carbonyl (C=O) groups excluding carboxylic acids is 3. The molecule has 14 nitrogen and oxygen atoms in total. The Bertz CT molecular complexity index is 907. The standard InChI is InChI=1S/C27H46N4O10/c1-4-5-6-8-17-11-13-18(14-12-17)22(32)31-21(26(38)39)16(3)41-27(40)30-20(10-7-9-19(28)25(36)37)23(33)29-15(2)24(34)35/h15-21H,4-14,28H2,1-3H3,(H,29,33)(H,30,40)(H,31,32)(H,34,35)(H,36,37)(H,38,39)/t15-,16?,17?,18?,19?,20+,21?/m1/s1. The Morgan fingerprint density at radius 3 is 2.00 bits per heavy atom. The van der Waals surface area contributed by atoms with Crippen molar-refractivity contribution in [3.63, 3.8) is 0 Å². The van der Waals surface area contributed by atoms with Gasteiger partial charge >= 0.3 is 24.0 Å². The highest BCUT2D eigenvalue weighted by Crippen LogP contribution is 2.32. The second-order valence-electron chi connectivity index (χ2n) is 10.8. The summed E-state index contributed by atoms with van der Waals surface area (Å²) in [6.07, 6.45) is 5.21. The number of amides is 3. The van der Waals surface area contributed by atoms with Crippen LogP contribution in [0.2, 0.25) is 0 Å². The Morgan fingerprint density at radius 1 is 0.829 bits per heavy atom. The minimum absolute atomic E-state index is 0.0193. The predicted octanol–water partition coefficient (Wildman–Crippen LogP) is 1.60. The van der Waals surface area contributed by atoms with E-state index in [1.807, 2.05) is 0 Å². The Hall–Kier alpha value is -3.42. The zero-order valence-electron chi connectivity index (χ0n) is 24.1. The molecule has 8 N–H and O–H groups in total. The van der Waals surface area contributed by atoms with Gasteiger partial charge < -0.3 is 41.7 Å². The van der Waals surface area contributed by atoms with E-state index in [0.29, 0.717) is 18.8 Å². The van der Waals surface area contributed by atoms with Crippen LogP contribution in [-0.4, -0.2) is 81.4 Å². The molecule has 0 heterocycles. The Kier molecular flexibility index (Phi) is 15.7. The molecule has 1 aliphatic carbocycles. The maximum Gasteiger partial charge on any atom is 0.408 e. The molecule has 3 amide bonds. The summed E-state index contributed by atoms with van der Waals surface area (Å²) < 4.78 is 5.17. The van der Waals surface area contributed by atoms with Gasteiger partial charge in [0.2, 0.25) is 11.8 Å². The molecule has 41 heavy (non-hydrogen) atoms. The third kappa shape index (κ3) is 13.2. The summed E-state index contributed by atoms with van der Waals surface area (Å²) in [7, 11) is 0. The van der Waals surface area contributed by atoms with Gasteiger partial charge in [0.25, 0.3) is 0 Å². The number of carboxylic acid groups (broad SMARTS) is 3. The highest BCUT2D eigenvalue weighted by molar-refractivity contribution is 5.89. The maximum absolute atomic E-state index is 12.8. The number of nitrogens with two attached hydrogens (primary N) is 1. The zero-order valence-corrected chi connectivity index (χ0v) is 24.1. The summed E-state index contributed by atoms with van der Waals surface area (Å²) >= 11 is 0. The van der Waals surface area contributed by atoms with Crippen LogP contribution >= 0.6 is 0 Å². The first kappa shape index (κ1) is 35.6. The van der Waals surface area contributed by atoms with E-state index in [0.717, 1.165) is 32.1 Å². The maximum atomic E-state index is 12.8. The van der Waals surface area contributed by atoms with Crippen LogP contribution in [-0.2, 0) is 28.7 Å². The number of nitrogens with one attached hydrogen (secondary N) is 3. The van der Waals surface area contributed by atoms with Crippen molar-refractivity contribution in [2.45, 2.75) is 122 Å². The van der Waals surface area contributed by atoms with E-state index in [2.05, 4.69) is 22.9 Å². The number of alkyl carbamates (subject to hydrolysis) is 1. The van der Waals surface area contributed by atoms with Gasteiger partial charge in [-0.1, -0.05) is 32.6 Å². The third-order valence-electron chi connectivity index (χ3n) is 7.42. The molecule has 1 rings (SSSR count). The first-order chi connectivity index (χ1) is 19.3. The van der Waals surface area contributed by atoms with Crippen molar-refractivity contribution in [2.75, 3.05) is 0 Å². The Labute approximate surface area is 240 Å². The van der Waals surface area contributed by atoms with Gasteiger partial charge in [-0.15, -0.1) is 0 Å². The molecule has 1 fully saturated rings. The number of carbonyl (C=O) groups is 6. The molecule has 3 unspecified atom stereocenters. The molecule has 5 atom stereocenters. The molecule has 1 aliphatic rings. The van der Waals surface area contributed by atoms with Crippen molar-refractivity contribution in [2.24, 2.45) is 17.6 Å². The normalized spacial score (nSPS) is 20.4. The predicted molar refractivity (Wildman–Crippen MR) is 147 cm³/mol. The lowest BCUT2D eigenvalue weighted by Crippen LogP contribution is -2.54. The van der Waals surface area contributed by atoms with Crippen LogP contribution in [0.3, 0.4) is 0 Å². The highest BCUT2D eigenvalue weighted by atomic mass is 16.6. The molecule has 0 aliphatic heterocycles. The lowest BCUT2D eigenvalue weighted by Gasteiger charge is -2.30. The summed E-state index contributed by atoms with van der Waals surface area (Å²) in [4.78, 5) is 72.0. The van der Waals surface area contributed by atoms with Crippen molar-refractivity contribution >= 4 is 35.8 Å². The van der Waals surface area contributed by atoms with Crippen molar-refractivity contribution in [3.05, 3.63) is 0 Å². The number of unbranched alkanes of at least 4 members (excludes halogenated alkanes) is 2. The topological polar surface area (TPSA) is 234 Å². The summed E-state index contributed by atoms with van der Waals surface area (Å²) in [6.45, 7) is 4.65. The second kappa shape index (κ2) is 18.1. The number of aliphatic carboxylic acids is 3. The molecular formula is C27H46N4O10. The van der Waals surface area contributed by atoms with Crippen molar-refractivity contribution in [1.82, 2.24) is 16.0 Å². The van der Waals surface area contributed by atoms with Crippen LogP contribution in [0.15, 0.2) is 0 Å². The van der Waals surface area contributed by atoms with Crippen LogP contribution in [0.5, 0.6) is 0 Å². The molecule has 0 saturated heterocycles. The van der Waals surface area contributed by atoms with Crippen LogP contribution in [0, 0.1) is 11.8 Å². The van der Waals surface area contributed by atoms with Gasteiger partial charge in [-0.25, -0.2) is 9.59 Å². The van der Waals surface area contributed by atoms with Gasteiger partial charge in [0, 0.05) is 5.92 Å². The molecule has 1 saturated carbocycles. The van der Waals surface area contributed by atoms with Crippen LogP contribution < -0.4 is 21.7 Å². The Morgan fingerprint density at radius 2 is 1.46 bits per heavy atom. The number of rotatable bonds is 18. The van der Waals surface area contributed by atoms with Gasteiger partial charge in [0.05, 0.1) is 0 Å². The van der Waals surface area contributed by atoms with E-state index >= 15 is 0 Å². The first-order valence-electron chi connectivity index (χ1n) is 14.3. The summed E-state index contributed by atoms with van der Waals surface area (Å²) in [6, 6.07) is -5.33. The Balaban J connectivity index is 2.75. The average molecular weight is 587 g/mol. The fourth-order valence-corrected chi connectivity index (χ4v) is 4.77. The molecule has 14 heteroatoms. The molecule has 0 bridgehead atoms. The number of hydrogen-bond donors (Lipinski definition) is 7. The number of ether oxygens (including phenoxy) is 1. The van der Waals surface area contributed by atoms with Crippen molar-refractivity contribution in [1.29, 1.82) is 0 Å². The molecule has 0 spiro atoms. The minimum Gasteiger partial charge on any atom is -0.480 e. The molecule has 0 radical (unpaired) electrons. The SMILES string of the molecule is CCCCCC1CCC(C(=O)NC(C(=O)O)C(C)OC(=O)N[C@@H](CCCC(N)C(=O)O)C(=O)N[C@H](C)C(=O)O)CC1. The largest absolute Gasteiger partial charge is 0.480 e. The number of carboxylic acids is 3. The van der Waals surface area contributed by atoms with E-state index in [-0.39, 0.29) is 25.2 Å². The second-order valence-corrected chi connectivity index (χ2v) is 10.8. The van der Waals surface area contributed by atoms with Gasteiger partial charge in [-0.3, -0.25) is 19.2 Å². The van der Waals surface area contributed by atoms with Crippen LogP contribution in [0.25, 0.3) is 0 Å². The van der Waals surface area contributed by atoms with Gasteiger partial charge in [-0.05, 0) is 64.7 Å².